The van der Waals surface area contributed by atoms with Crippen molar-refractivity contribution in [1.82, 2.24) is 4.98 Å². The van der Waals surface area contributed by atoms with Crippen LogP contribution in [0.15, 0.2) is 65.0 Å². The molecule has 2 heterocycles. The molecule has 2 amide bonds. The van der Waals surface area contributed by atoms with E-state index in [0.29, 0.717) is 17.0 Å². The van der Waals surface area contributed by atoms with Crippen molar-refractivity contribution in [1.29, 1.82) is 0 Å². The largest absolute Gasteiger partial charge is 0.478 e. The lowest BCUT2D eigenvalue weighted by Crippen LogP contribution is -2.29. The Morgan fingerprint density at radius 1 is 1.03 bits per heavy atom. The number of fused-ring (bicyclic) bond motifs is 2. The quantitative estimate of drug-likeness (QED) is 0.173. The average Bonchev–Trinajstić information content (AvgIpc) is 3.35. The standard InChI is InChI=1S/C23H13N3O6S2/c27-20-16-7-5-15(26(31)32)9-17(16)21(28)25(20)14-6-8-18-19(10-14)34-23(24-18)33-11-12-1-3-13(4-2-12)22(29)30/h1-10H,11H2,(H,29,30). The zero-order chi connectivity index (χ0) is 24.0. The molecule has 0 radical (unpaired) electrons. The number of hydrogen-bond donors (Lipinski definition) is 1. The van der Waals surface area contributed by atoms with Crippen LogP contribution in [0.3, 0.4) is 0 Å². The van der Waals surface area contributed by atoms with Crippen LogP contribution in [0.2, 0.25) is 0 Å². The second kappa shape index (κ2) is 8.36. The number of anilines is 1. The predicted octanol–water partition coefficient (Wildman–Crippen LogP) is 5.00. The van der Waals surface area contributed by atoms with E-state index in [9.17, 15) is 24.5 Å². The number of amides is 2. The zero-order valence-electron chi connectivity index (χ0n) is 17.1. The molecule has 34 heavy (non-hydrogen) atoms. The van der Waals surface area contributed by atoms with E-state index in [2.05, 4.69) is 4.98 Å². The van der Waals surface area contributed by atoms with Gasteiger partial charge in [-0.05, 0) is 42.0 Å². The fraction of sp³-hybridized carbons (Fsp3) is 0.0435. The van der Waals surface area contributed by atoms with E-state index in [0.717, 1.165) is 25.6 Å². The maximum Gasteiger partial charge on any atom is 0.335 e. The fourth-order valence-electron chi connectivity index (χ4n) is 3.56. The molecule has 0 fully saturated rings. The van der Waals surface area contributed by atoms with E-state index < -0.39 is 22.7 Å². The van der Waals surface area contributed by atoms with Gasteiger partial charge in [0.1, 0.15) is 0 Å². The van der Waals surface area contributed by atoms with E-state index in [4.69, 9.17) is 5.11 Å². The lowest BCUT2D eigenvalue weighted by molar-refractivity contribution is -0.384. The normalized spacial score (nSPS) is 12.9. The van der Waals surface area contributed by atoms with Crippen LogP contribution in [-0.4, -0.2) is 32.8 Å². The number of thioether (sulfide) groups is 1. The third-order valence-corrected chi connectivity index (χ3v) is 7.49. The second-order valence-corrected chi connectivity index (χ2v) is 9.61. The van der Waals surface area contributed by atoms with Gasteiger partial charge in [-0.25, -0.2) is 14.7 Å². The van der Waals surface area contributed by atoms with Crippen LogP contribution in [0.4, 0.5) is 11.4 Å². The maximum absolute atomic E-state index is 12.9. The van der Waals surface area contributed by atoms with Crippen molar-refractivity contribution in [3.05, 3.63) is 93.0 Å². The molecule has 3 aromatic carbocycles. The third kappa shape index (κ3) is 3.80. The maximum atomic E-state index is 12.9. The van der Waals surface area contributed by atoms with Crippen LogP contribution in [-0.2, 0) is 5.75 Å². The summed E-state index contributed by atoms with van der Waals surface area (Å²) in [5.41, 5.74) is 2.15. The van der Waals surface area contributed by atoms with Crippen molar-refractivity contribution in [2.45, 2.75) is 10.1 Å². The topological polar surface area (TPSA) is 131 Å². The number of aromatic carboxylic acids is 1. The number of nitro groups is 1. The van der Waals surface area contributed by atoms with Gasteiger partial charge < -0.3 is 5.11 Å². The fourth-order valence-corrected chi connectivity index (χ4v) is 5.62. The van der Waals surface area contributed by atoms with Crippen molar-refractivity contribution in [3.8, 4) is 0 Å². The number of imide groups is 1. The van der Waals surface area contributed by atoms with E-state index in [1.165, 1.54) is 35.2 Å². The molecular weight excluding hydrogens is 478 g/mol. The number of nitrogens with zero attached hydrogens (tertiary/aromatic N) is 3. The number of rotatable bonds is 6. The van der Waals surface area contributed by atoms with E-state index in [1.807, 2.05) is 0 Å². The van der Waals surface area contributed by atoms with Gasteiger partial charge in [0.2, 0.25) is 0 Å². The van der Waals surface area contributed by atoms with E-state index in [-0.39, 0.29) is 22.4 Å². The van der Waals surface area contributed by atoms with Crippen LogP contribution in [0.5, 0.6) is 0 Å². The first-order valence-corrected chi connectivity index (χ1v) is 11.6. The number of carbonyl (C=O) groups is 3. The minimum Gasteiger partial charge on any atom is -0.478 e. The van der Waals surface area contributed by atoms with Crippen LogP contribution in [0, 0.1) is 10.1 Å². The van der Waals surface area contributed by atoms with Gasteiger partial charge in [-0.1, -0.05) is 23.9 Å². The van der Waals surface area contributed by atoms with Crippen LogP contribution >= 0.6 is 23.1 Å². The summed E-state index contributed by atoms with van der Waals surface area (Å²) in [7, 11) is 0. The molecule has 4 aromatic rings. The van der Waals surface area contributed by atoms with Crippen LogP contribution in [0.1, 0.15) is 36.6 Å². The lowest BCUT2D eigenvalue weighted by atomic mass is 10.1. The Kier molecular flexibility index (Phi) is 5.34. The smallest absolute Gasteiger partial charge is 0.335 e. The second-order valence-electron chi connectivity index (χ2n) is 7.36. The summed E-state index contributed by atoms with van der Waals surface area (Å²) in [6.07, 6.45) is 0. The number of carboxylic acid groups (broad SMARTS) is 1. The molecule has 0 unspecified atom stereocenters. The minimum absolute atomic E-state index is 0.00811. The molecule has 1 N–H and O–H groups in total. The Morgan fingerprint density at radius 2 is 1.76 bits per heavy atom. The summed E-state index contributed by atoms with van der Waals surface area (Å²) in [6, 6.07) is 15.3. The number of benzene rings is 3. The van der Waals surface area contributed by atoms with Crippen molar-refractivity contribution in [2.75, 3.05) is 4.90 Å². The number of carbonyl (C=O) groups excluding carboxylic acids is 2. The van der Waals surface area contributed by atoms with Crippen molar-refractivity contribution in [3.63, 3.8) is 0 Å². The van der Waals surface area contributed by atoms with Crippen molar-refractivity contribution < 1.29 is 24.4 Å². The Bertz CT molecular complexity index is 1510. The number of thiazole rings is 1. The molecule has 11 heteroatoms. The average molecular weight is 492 g/mol. The monoisotopic (exact) mass is 491 g/mol. The van der Waals surface area contributed by atoms with Crippen molar-refractivity contribution >= 4 is 62.5 Å². The van der Waals surface area contributed by atoms with Gasteiger partial charge in [0.25, 0.3) is 17.5 Å². The molecule has 0 bridgehead atoms. The number of hydrogen-bond acceptors (Lipinski definition) is 8. The van der Waals surface area contributed by atoms with Gasteiger partial charge in [-0.15, -0.1) is 11.3 Å². The van der Waals surface area contributed by atoms with E-state index in [1.54, 1.807) is 42.5 Å². The zero-order valence-corrected chi connectivity index (χ0v) is 18.8. The molecule has 9 nitrogen and oxygen atoms in total. The molecule has 0 spiro atoms. The van der Waals surface area contributed by atoms with Gasteiger partial charge in [0.15, 0.2) is 4.34 Å². The highest BCUT2D eigenvalue weighted by Crippen LogP contribution is 2.36. The molecule has 0 saturated carbocycles. The molecule has 1 aliphatic heterocycles. The third-order valence-electron chi connectivity index (χ3n) is 5.25. The highest BCUT2D eigenvalue weighted by atomic mass is 32.2. The Labute approximate surface area is 199 Å². The molecule has 1 aromatic heterocycles. The van der Waals surface area contributed by atoms with Gasteiger partial charge in [-0.3, -0.25) is 19.7 Å². The molecule has 1 aliphatic rings. The highest BCUT2D eigenvalue weighted by Gasteiger charge is 2.38. The summed E-state index contributed by atoms with van der Waals surface area (Å²) in [5.74, 6) is -1.51. The molecule has 0 aliphatic carbocycles. The molecule has 168 valence electrons. The van der Waals surface area contributed by atoms with Gasteiger partial charge >= 0.3 is 5.97 Å². The van der Waals surface area contributed by atoms with Gasteiger partial charge in [-0.2, -0.15) is 0 Å². The van der Waals surface area contributed by atoms with Gasteiger partial charge in [0, 0.05) is 17.9 Å². The first kappa shape index (κ1) is 21.7. The summed E-state index contributed by atoms with van der Waals surface area (Å²) in [4.78, 5) is 52.7. The lowest BCUT2D eigenvalue weighted by Gasteiger charge is -2.13. The van der Waals surface area contributed by atoms with Crippen molar-refractivity contribution in [2.24, 2.45) is 0 Å². The SMILES string of the molecule is O=C(O)c1ccc(CSc2nc3ccc(N4C(=O)c5ccc([N+](=O)[O-])cc5C4=O)cc3s2)cc1. The molecule has 5 rings (SSSR count). The Balaban J connectivity index is 1.37. The molecular formula is C23H13N3O6S2. The number of carboxylic acids is 1. The number of aromatic nitrogens is 1. The minimum atomic E-state index is -0.975. The Hall–Kier alpha value is -4.09. The molecule has 0 saturated heterocycles. The predicted molar refractivity (Wildman–Crippen MR) is 127 cm³/mol. The highest BCUT2D eigenvalue weighted by molar-refractivity contribution is 8.00. The number of nitro benzene ring substituents is 1. The summed E-state index contributed by atoms with van der Waals surface area (Å²) >= 11 is 2.90. The first-order chi connectivity index (χ1) is 16.3. The van der Waals surface area contributed by atoms with Gasteiger partial charge in [0.05, 0.1) is 37.5 Å². The number of non-ortho nitro benzene ring substituents is 1. The first-order valence-electron chi connectivity index (χ1n) is 9.84. The van der Waals surface area contributed by atoms with Crippen LogP contribution < -0.4 is 4.90 Å². The summed E-state index contributed by atoms with van der Waals surface area (Å²) < 4.78 is 1.57. The molecule has 0 atom stereocenters. The van der Waals surface area contributed by atoms with E-state index >= 15 is 0 Å². The Morgan fingerprint density at radius 3 is 2.47 bits per heavy atom. The summed E-state index contributed by atoms with van der Waals surface area (Å²) in [6.45, 7) is 0. The summed E-state index contributed by atoms with van der Waals surface area (Å²) in [5, 5.41) is 20.0. The van der Waals surface area contributed by atoms with Crippen LogP contribution in [0.25, 0.3) is 10.2 Å².